The van der Waals surface area contributed by atoms with Crippen LogP contribution in [0, 0.1) is 0 Å². The van der Waals surface area contributed by atoms with Crippen molar-refractivity contribution in [2.75, 3.05) is 5.32 Å². The highest BCUT2D eigenvalue weighted by atomic mass is 79.9. The molecule has 0 radical (unpaired) electrons. The molecule has 0 aliphatic carbocycles. The van der Waals surface area contributed by atoms with Crippen LogP contribution in [0.4, 0.5) is 5.13 Å². The molecular weight excluding hydrogens is 418 g/mol. The van der Waals surface area contributed by atoms with E-state index in [1.54, 1.807) is 43.5 Å². The molecule has 0 saturated carbocycles. The zero-order chi connectivity index (χ0) is 17.1. The average Bonchev–Trinajstić information content (AvgIpc) is 3.20. The van der Waals surface area contributed by atoms with Crippen molar-refractivity contribution in [1.82, 2.24) is 10.2 Å². The minimum absolute atomic E-state index is 0.334. The molecule has 0 unspecified atom stereocenters. The number of nitrogens with one attached hydrogen (secondary N) is 1. The quantitative estimate of drug-likeness (QED) is 0.641. The summed E-state index contributed by atoms with van der Waals surface area (Å²) in [5.41, 5.74) is 0. The molecule has 1 atom stereocenters. The van der Waals surface area contributed by atoms with E-state index in [-0.39, 0.29) is 5.91 Å². The summed E-state index contributed by atoms with van der Waals surface area (Å²) in [6.07, 6.45) is 0.827. The van der Waals surface area contributed by atoms with Crippen molar-refractivity contribution in [3.05, 3.63) is 46.1 Å². The van der Waals surface area contributed by atoms with Crippen LogP contribution >= 0.6 is 38.9 Å². The number of hydrogen-bond donors (Lipinski definition) is 1. The molecule has 1 aromatic carbocycles. The zero-order valence-electron chi connectivity index (χ0n) is 12.3. The molecule has 124 valence electrons. The number of ether oxygens (including phenoxy) is 1. The van der Waals surface area contributed by atoms with Gasteiger partial charge >= 0.3 is 0 Å². The number of benzene rings is 1. The fraction of sp³-hybridized carbons (Fsp3) is 0.133. The minimum Gasteiger partial charge on any atom is -0.480 e. The van der Waals surface area contributed by atoms with Crippen LogP contribution in [-0.2, 0) is 4.79 Å². The lowest BCUT2D eigenvalue weighted by atomic mass is 10.3. The summed E-state index contributed by atoms with van der Waals surface area (Å²) in [4.78, 5) is 12.2. The molecule has 1 N–H and O–H groups in total. The van der Waals surface area contributed by atoms with Gasteiger partial charge in [0.1, 0.15) is 5.75 Å². The van der Waals surface area contributed by atoms with Crippen molar-refractivity contribution in [2.24, 2.45) is 0 Å². The Bertz CT molecular complexity index is 854. The molecular formula is C15H11BrClN3O3S. The molecule has 0 spiro atoms. The number of aromatic nitrogens is 2. The van der Waals surface area contributed by atoms with Crippen molar-refractivity contribution in [2.45, 2.75) is 13.0 Å². The zero-order valence-corrected chi connectivity index (χ0v) is 15.5. The Morgan fingerprint density at radius 2 is 2.25 bits per heavy atom. The van der Waals surface area contributed by atoms with E-state index in [0.717, 1.165) is 0 Å². The summed E-state index contributed by atoms with van der Waals surface area (Å²) in [5, 5.41) is 12.1. The molecule has 2 heterocycles. The van der Waals surface area contributed by atoms with E-state index in [1.165, 1.54) is 11.3 Å². The topological polar surface area (TPSA) is 77.2 Å². The summed E-state index contributed by atoms with van der Waals surface area (Å²) in [6.45, 7) is 1.64. The van der Waals surface area contributed by atoms with Gasteiger partial charge in [-0.3, -0.25) is 10.1 Å². The van der Waals surface area contributed by atoms with Crippen molar-refractivity contribution in [3.63, 3.8) is 0 Å². The van der Waals surface area contributed by atoms with E-state index in [4.69, 9.17) is 20.8 Å². The number of carbonyl (C=O) groups excluding carboxylic acids is 1. The molecule has 6 nitrogen and oxygen atoms in total. The summed E-state index contributed by atoms with van der Waals surface area (Å²) in [7, 11) is 0. The molecule has 0 aliphatic rings. The predicted molar refractivity (Wildman–Crippen MR) is 95.5 cm³/mol. The van der Waals surface area contributed by atoms with Crippen molar-refractivity contribution < 1.29 is 13.9 Å². The first kappa shape index (κ1) is 16.9. The molecule has 0 saturated heterocycles. The van der Waals surface area contributed by atoms with Gasteiger partial charge in [-0.2, -0.15) is 0 Å². The Hall–Kier alpha value is -1.90. The molecule has 3 aromatic rings. The van der Waals surface area contributed by atoms with Crippen LogP contribution < -0.4 is 10.1 Å². The largest absolute Gasteiger partial charge is 0.480 e. The first-order valence-electron chi connectivity index (χ1n) is 6.83. The highest BCUT2D eigenvalue weighted by Gasteiger charge is 2.19. The maximum atomic E-state index is 12.2. The summed E-state index contributed by atoms with van der Waals surface area (Å²) in [6, 6.07) is 8.61. The van der Waals surface area contributed by atoms with E-state index in [0.29, 0.717) is 31.1 Å². The number of furan rings is 1. The lowest BCUT2D eigenvalue weighted by Crippen LogP contribution is -2.30. The lowest BCUT2D eigenvalue weighted by Gasteiger charge is -2.14. The molecule has 3 rings (SSSR count). The van der Waals surface area contributed by atoms with Gasteiger partial charge in [-0.15, -0.1) is 10.2 Å². The standard InChI is InChI=1S/C15H11BrClN3O3S/c1-8(23-11-5-4-9(17)7-10(11)16)13(21)18-15-20-19-14(24-15)12-3-2-6-22-12/h2-8H,1H3,(H,18,20,21)/t8-/m1/s1. The van der Waals surface area contributed by atoms with Gasteiger partial charge in [-0.1, -0.05) is 22.9 Å². The summed E-state index contributed by atoms with van der Waals surface area (Å²) < 4.78 is 11.5. The molecule has 0 aliphatic heterocycles. The fourth-order valence-electron chi connectivity index (χ4n) is 1.80. The van der Waals surface area contributed by atoms with Gasteiger partial charge in [0.25, 0.3) is 5.91 Å². The van der Waals surface area contributed by atoms with Gasteiger partial charge in [0.2, 0.25) is 5.13 Å². The Labute approximate surface area is 154 Å². The van der Waals surface area contributed by atoms with Crippen molar-refractivity contribution >= 4 is 49.9 Å². The van der Waals surface area contributed by atoms with E-state index in [9.17, 15) is 4.79 Å². The number of carbonyl (C=O) groups is 1. The minimum atomic E-state index is -0.724. The third kappa shape index (κ3) is 3.95. The number of anilines is 1. The van der Waals surface area contributed by atoms with E-state index in [2.05, 4.69) is 31.4 Å². The Kier molecular flexibility index (Phi) is 5.17. The van der Waals surface area contributed by atoms with Crippen LogP contribution in [-0.4, -0.2) is 22.2 Å². The summed E-state index contributed by atoms with van der Waals surface area (Å²) in [5.74, 6) is 0.789. The van der Waals surface area contributed by atoms with Crippen LogP contribution in [0.25, 0.3) is 10.8 Å². The van der Waals surface area contributed by atoms with Gasteiger partial charge in [0.15, 0.2) is 16.9 Å². The molecule has 24 heavy (non-hydrogen) atoms. The molecule has 0 bridgehead atoms. The molecule has 1 amide bonds. The maximum Gasteiger partial charge on any atom is 0.266 e. The fourth-order valence-corrected chi connectivity index (χ4v) is 3.29. The Morgan fingerprint density at radius 1 is 1.42 bits per heavy atom. The first-order valence-corrected chi connectivity index (χ1v) is 8.81. The first-order chi connectivity index (χ1) is 11.5. The van der Waals surface area contributed by atoms with Gasteiger partial charge < -0.3 is 9.15 Å². The lowest BCUT2D eigenvalue weighted by molar-refractivity contribution is -0.122. The van der Waals surface area contributed by atoms with Crippen molar-refractivity contribution in [1.29, 1.82) is 0 Å². The number of halogens is 2. The van der Waals surface area contributed by atoms with Crippen LogP contribution in [0.2, 0.25) is 5.02 Å². The van der Waals surface area contributed by atoms with Crippen molar-refractivity contribution in [3.8, 4) is 16.5 Å². The van der Waals surface area contributed by atoms with Crippen LogP contribution in [0.3, 0.4) is 0 Å². The van der Waals surface area contributed by atoms with Crippen LogP contribution in [0.5, 0.6) is 5.75 Å². The van der Waals surface area contributed by atoms with Gasteiger partial charge in [0, 0.05) is 5.02 Å². The highest BCUT2D eigenvalue weighted by molar-refractivity contribution is 9.10. The second-order valence-corrected chi connectivity index (χ2v) is 6.98. The number of nitrogens with zero attached hydrogens (tertiary/aromatic N) is 2. The summed E-state index contributed by atoms with van der Waals surface area (Å²) >= 11 is 10.4. The maximum absolute atomic E-state index is 12.2. The van der Waals surface area contributed by atoms with Crippen LogP contribution in [0.1, 0.15) is 6.92 Å². The number of amides is 1. The number of rotatable bonds is 5. The normalized spacial score (nSPS) is 12.0. The van der Waals surface area contributed by atoms with E-state index < -0.39 is 6.10 Å². The monoisotopic (exact) mass is 427 g/mol. The third-order valence-electron chi connectivity index (χ3n) is 2.95. The SMILES string of the molecule is C[C@@H](Oc1ccc(Cl)cc1Br)C(=O)Nc1nnc(-c2ccco2)s1. The van der Waals surface area contributed by atoms with E-state index >= 15 is 0 Å². The highest BCUT2D eigenvalue weighted by Crippen LogP contribution is 2.29. The molecule has 9 heteroatoms. The smallest absolute Gasteiger partial charge is 0.266 e. The van der Waals surface area contributed by atoms with Gasteiger partial charge in [-0.25, -0.2) is 0 Å². The predicted octanol–water partition coefficient (Wildman–Crippen LogP) is 4.62. The Morgan fingerprint density at radius 3 is 2.96 bits per heavy atom. The third-order valence-corrected chi connectivity index (χ3v) is 4.66. The second-order valence-electron chi connectivity index (χ2n) is 4.71. The van der Waals surface area contributed by atoms with Crippen LogP contribution in [0.15, 0.2) is 45.5 Å². The van der Waals surface area contributed by atoms with Gasteiger partial charge in [-0.05, 0) is 53.2 Å². The average molecular weight is 429 g/mol. The Balaban J connectivity index is 1.64. The molecule has 0 fully saturated rings. The number of hydrogen-bond acceptors (Lipinski definition) is 6. The second kappa shape index (κ2) is 7.33. The molecule has 2 aromatic heterocycles. The van der Waals surface area contributed by atoms with E-state index in [1.807, 2.05) is 0 Å². The van der Waals surface area contributed by atoms with Gasteiger partial charge in [0.05, 0.1) is 10.7 Å².